The lowest BCUT2D eigenvalue weighted by atomic mass is 10.0. The number of nitrogens with one attached hydrogen (secondary N) is 2. The molecule has 0 aliphatic heterocycles. The van der Waals surface area contributed by atoms with Gasteiger partial charge in [-0.1, -0.05) is 35.9 Å². The summed E-state index contributed by atoms with van der Waals surface area (Å²) in [6, 6.07) is 14.1. The topological polar surface area (TPSA) is 76.7 Å². The van der Waals surface area contributed by atoms with Crippen LogP contribution in [0.4, 0.5) is 5.69 Å². The predicted octanol–water partition coefficient (Wildman–Crippen LogP) is 4.10. The SMILES string of the molecule is CCOCCOCc1cccc(NC(=O)CC(NC(C)=O)c2ccc(Cl)cc2)c1. The third kappa shape index (κ3) is 8.64. The van der Waals surface area contributed by atoms with Crippen LogP contribution in [-0.2, 0) is 25.7 Å². The molecule has 2 rings (SSSR count). The summed E-state index contributed by atoms with van der Waals surface area (Å²) in [5.74, 6) is -0.405. The quantitative estimate of drug-likeness (QED) is 0.538. The molecule has 0 aromatic heterocycles. The van der Waals surface area contributed by atoms with Crippen molar-refractivity contribution < 1.29 is 19.1 Å². The van der Waals surface area contributed by atoms with Gasteiger partial charge in [0.15, 0.2) is 0 Å². The molecule has 0 fully saturated rings. The highest BCUT2D eigenvalue weighted by Crippen LogP contribution is 2.21. The van der Waals surface area contributed by atoms with Crippen LogP contribution in [0.25, 0.3) is 0 Å². The molecular weight excluding hydrogens is 392 g/mol. The molecule has 0 bridgehead atoms. The zero-order valence-electron chi connectivity index (χ0n) is 16.7. The maximum atomic E-state index is 12.6. The average molecular weight is 419 g/mol. The van der Waals surface area contributed by atoms with Crippen molar-refractivity contribution in [1.82, 2.24) is 5.32 Å². The van der Waals surface area contributed by atoms with Gasteiger partial charge in [0.05, 0.1) is 32.3 Å². The van der Waals surface area contributed by atoms with Crippen LogP contribution in [0.5, 0.6) is 0 Å². The van der Waals surface area contributed by atoms with Crippen LogP contribution in [0, 0.1) is 0 Å². The van der Waals surface area contributed by atoms with E-state index in [1.54, 1.807) is 24.3 Å². The van der Waals surface area contributed by atoms with Crippen molar-refractivity contribution in [3.05, 3.63) is 64.7 Å². The molecule has 0 heterocycles. The predicted molar refractivity (Wildman–Crippen MR) is 114 cm³/mol. The maximum absolute atomic E-state index is 12.6. The van der Waals surface area contributed by atoms with E-state index in [2.05, 4.69) is 10.6 Å². The summed E-state index contributed by atoms with van der Waals surface area (Å²) >= 11 is 5.93. The van der Waals surface area contributed by atoms with Gasteiger partial charge in [-0.05, 0) is 42.3 Å². The van der Waals surface area contributed by atoms with E-state index in [1.807, 2.05) is 31.2 Å². The fourth-order valence-electron chi connectivity index (χ4n) is 2.78. The largest absolute Gasteiger partial charge is 0.379 e. The third-order valence-corrected chi connectivity index (χ3v) is 4.35. The standard InChI is InChI=1S/C22H27ClN2O4/c1-3-28-11-12-29-15-17-5-4-6-20(13-17)25-22(27)14-21(24-16(2)26)18-7-9-19(23)10-8-18/h4-10,13,21H,3,11-12,14-15H2,1-2H3,(H,24,26)(H,25,27). The molecule has 2 amide bonds. The van der Waals surface area contributed by atoms with Crippen LogP contribution in [0.2, 0.25) is 5.02 Å². The summed E-state index contributed by atoms with van der Waals surface area (Å²) in [5, 5.41) is 6.29. The van der Waals surface area contributed by atoms with E-state index >= 15 is 0 Å². The van der Waals surface area contributed by atoms with Crippen LogP contribution >= 0.6 is 11.6 Å². The van der Waals surface area contributed by atoms with Gasteiger partial charge in [0.25, 0.3) is 0 Å². The van der Waals surface area contributed by atoms with E-state index in [1.165, 1.54) is 6.92 Å². The first-order valence-electron chi connectivity index (χ1n) is 9.54. The highest BCUT2D eigenvalue weighted by atomic mass is 35.5. The lowest BCUT2D eigenvalue weighted by Gasteiger charge is -2.18. The summed E-state index contributed by atoms with van der Waals surface area (Å²) in [5.41, 5.74) is 2.45. The van der Waals surface area contributed by atoms with Crippen molar-refractivity contribution in [3.63, 3.8) is 0 Å². The number of ether oxygens (including phenoxy) is 2. The van der Waals surface area contributed by atoms with Crippen LogP contribution in [-0.4, -0.2) is 31.6 Å². The Kier molecular flexibility index (Phi) is 9.64. The smallest absolute Gasteiger partial charge is 0.226 e. The molecule has 0 spiro atoms. The Bertz CT molecular complexity index is 796. The second-order valence-electron chi connectivity index (χ2n) is 6.51. The number of hydrogen-bond acceptors (Lipinski definition) is 4. The number of carbonyl (C=O) groups is 2. The van der Waals surface area contributed by atoms with Gasteiger partial charge in [0, 0.05) is 24.2 Å². The monoisotopic (exact) mass is 418 g/mol. The molecule has 2 N–H and O–H groups in total. The summed E-state index contributed by atoms with van der Waals surface area (Å²) in [4.78, 5) is 24.1. The first-order valence-corrected chi connectivity index (χ1v) is 9.92. The molecule has 0 radical (unpaired) electrons. The van der Waals surface area contributed by atoms with E-state index in [0.717, 1.165) is 11.1 Å². The fraction of sp³-hybridized carbons (Fsp3) is 0.364. The van der Waals surface area contributed by atoms with Crippen molar-refractivity contribution in [2.45, 2.75) is 32.9 Å². The number of benzene rings is 2. The summed E-state index contributed by atoms with van der Waals surface area (Å²) < 4.78 is 10.8. The minimum Gasteiger partial charge on any atom is -0.379 e. The average Bonchev–Trinajstić information content (AvgIpc) is 2.68. The zero-order chi connectivity index (χ0) is 21.1. The zero-order valence-corrected chi connectivity index (χ0v) is 17.5. The molecule has 6 nitrogen and oxygen atoms in total. The second-order valence-corrected chi connectivity index (χ2v) is 6.94. The van der Waals surface area contributed by atoms with Crippen LogP contribution < -0.4 is 10.6 Å². The Hall–Kier alpha value is -2.41. The first-order chi connectivity index (χ1) is 14.0. The first kappa shape index (κ1) is 22.9. The maximum Gasteiger partial charge on any atom is 0.226 e. The Morgan fingerprint density at radius 1 is 1.07 bits per heavy atom. The Labute approximate surface area is 176 Å². The Morgan fingerprint density at radius 2 is 1.79 bits per heavy atom. The van der Waals surface area contributed by atoms with E-state index < -0.39 is 6.04 Å². The fourth-order valence-corrected chi connectivity index (χ4v) is 2.91. The van der Waals surface area contributed by atoms with Gasteiger partial charge >= 0.3 is 0 Å². The number of anilines is 1. The van der Waals surface area contributed by atoms with Crippen molar-refractivity contribution in [2.24, 2.45) is 0 Å². The van der Waals surface area contributed by atoms with Crippen molar-refractivity contribution in [3.8, 4) is 0 Å². The van der Waals surface area contributed by atoms with Gasteiger partial charge in [-0.15, -0.1) is 0 Å². The molecule has 0 saturated carbocycles. The number of halogens is 1. The molecule has 29 heavy (non-hydrogen) atoms. The molecule has 0 aliphatic carbocycles. The van der Waals surface area contributed by atoms with E-state index in [9.17, 15) is 9.59 Å². The summed E-state index contributed by atoms with van der Waals surface area (Å²) in [6.07, 6.45) is 0.107. The number of amides is 2. The van der Waals surface area contributed by atoms with Gasteiger partial charge in [0.2, 0.25) is 11.8 Å². The Morgan fingerprint density at radius 3 is 2.48 bits per heavy atom. The summed E-state index contributed by atoms with van der Waals surface area (Å²) in [6.45, 7) is 5.55. The Balaban J connectivity index is 1.94. The van der Waals surface area contributed by atoms with Gasteiger partial charge in [-0.2, -0.15) is 0 Å². The minimum absolute atomic E-state index is 0.107. The minimum atomic E-state index is -0.435. The highest BCUT2D eigenvalue weighted by molar-refractivity contribution is 6.30. The highest BCUT2D eigenvalue weighted by Gasteiger charge is 2.17. The third-order valence-electron chi connectivity index (χ3n) is 4.09. The molecule has 0 aliphatic rings. The number of hydrogen-bond donors (Lipinski definition) is 2. The molecule has 1 atom stereocenters. The van der Waals surface area contributed by atoms with Crippen molar-refractivity contribution in [1.29, 1.82) is 0 Å². The molecule has 2 aromatic rings. The molecule has 7 heteroatoms. The van der Waals surface area contributed by atoms with Gasteiger partial charge < -0.3 is 20.1 Å². The van der Waals surface area contributed by atoms with Crippen LogP contribution in [0.15, 0.2) is 48.5 Å². The van der Waals surface area contributed by atoms with E-state index in [-0.39, 0.29) is 18.2 Å². The summed E-state index contributed by atoms with van der Waals surface area (Å²) in [7, 11) is 0. The van der Waals surface area contributed by atoms with E-state index in [4.69, 9.17) is 21.1 Å². The normalized spacial score (nSPS) is 11.7. The lowest BCUT2D eigenvalue weighted by Crippen LogP contribution is -2.29. The van der Waals surface area contributed by atoms with E-state index in [0.29, 0.717) is 37.1 Å². The molecule has 156 valence electrons. The van der Waals surface area contributed by atoms with Crippen molar-refractivity contribution >= 4 is 29.1 Å². The van der Waals surface area contributed by atoms with Crippen LogP contribution in [0.3, 0.4) is 0 Å². The molecule has 2 aromatic carbocycles. The number of rotatable bonds is 11. The molecule has 1 unspecified atom stereocenters. The molecular formula is C22H27ClN2O4. The van der Waals surface area contributed by atoms with Gasteiger partial charge in [-0.3, -0.25) is 9.59 Å². The molecule has 0 saturated heterocycles. The van der Waals surface area contributed by atoms with Crippen molar-refractivity contribution in [2.75, 3.05) is 25.1 Å². The van der Waals surface area contributed by atoms with Gasteiger partial charge in [0.1, 0.15) is 0 Å². The number of carbonyl (C=O) groups excluding carboxylic acids is 2. The van der Waals surface area contributed by atoms with Gasteiger partial charge in [-0.25, -0.2) is 0 Å². The lowest BCUT2D eigenvalue weighted by molar-refractivity contribution is -0.120. The second kappa shape index (κ2) is 12.2. The van der Waals surface area contributed by atoms with Crippen LogP contribution in [0.1, 0.15) is 37.4 Å².